The predicted octanol–water partition coefficient (Wildman–Crippen LogP) is 6.13. The first-order valence-electron chi connectivity index (χ1n) is 9.64. The van der Waals surface area contributed by atoms with Gasteiger partial charge in [-0.1, -0.05) is 38.0 Å². The van der Waals surface area contributed by atoms with Gasteiger partial charge in [-0.3, -0.25) is 0 Å². The Morgan fingerprint density at radius 1 is 0.893 bits per heavy atom. The molecule has 1 atom stereocenters. The minimum absolute atomic E-state index is 0.107. The molecule has 0 aliphatic heterocycles. The third-order valence-electron chi connectivity index (χ3n) is 5.46. The Morgan fingerprint density at radius 2 is 1.61 bits per heavy atom. The van der Waals surface area contributed by atoms with E-state index < -0.39 is 17.5 Å². The lowest BCUT2D eigenvalue weighted by Gasteiger charge is -2.24. The molecule has 2 nitrogen and oxygen atoms in total. The molecule has 1 heterocycles. The van der Waals surface area contributed by atoms with Crippen molar-refractivity contribution in [3.05, 3.63) is 71.3 Å². The van der Waals surface area contributed by atoms with Crippen LogP contribution in [0.1, 0.15) is 37.3 Å². The number of halogens is 3. The van der Waals surface area contributed by atoms with Gasteiger partial charge < -0.3 is 0 Å². The van der Waals surface area contributed by atoms with Crippen molar-refractivity contribution in [2.75, 3.05) is 0 Å². The molecule has 3 aromatic rings. The lowest BCUT2D eigenvalue weighted by atomic mass is 9.81. The standard InChI is InChI=1S/C23H21F3N2/c1-2-3-14-4-5-16-9-17(7-6-15(16)8-14)19-12-27-23(28-13-19)18-10-20(24)22(26)21(25)11-18/h6-7,9-14H,2-5,8H2,1H3. The third kappa shape index (κ3) is 3.66. The molecule has 0 radical (unpaired) electrons. The first-order chi connectivity index (χ1) is 13.5. The molecular weight excluding hydrogens is 361 g/mol. The highest BCUT2D eigenvalue weighted by atomic mass is 19.2. The number of benzene rings is 2. The molecule has 0 spiro atoms. The number of hydrogen-bond donors (Lipinski definition) is 0. The summed E-state index contributed by atoms with van der Waals surface area (Å²) in [6.07, 6.45) is 9.21. The van der Waals surface area contributed by atoms with E-state index in [1.165, 1.54) is 30.4 Å². The number of hydrogen-bond acceptors (Lipinski definition) is 2. The van der Waals surface area contributed by atoms with Gasteiger partial charge in [-0.25, -0.2) is 23.1 Å². The fourth-order valence-electron chi connectivity index (χ4n) is 3.98. The second-order valence-electron chi connectivity index (χ2n) is 7.43. The summed E-state index contributed by atoms with van der Waals surface area (Å²) in [7, 11) is 0. The van der Waals surface area contributed by atoms with E-state index >= 15 is 0 Å². The first kappa shape index (κ1) is 18.7. The van der Waals surface area contributed by atoms with Gasteiger partial charge in [0.05, 0.1) is 0 Å². The topological polar surface area (TPSA) is 25.8 Å². The fourth-order valence-corrected chi connectivity index (χ4v) is 3.98. The fraction of sp³-hybridized carbons (Fsp3) is 0.304. The Bertz CT molecular complexity index is 976. The quantitative estimate of drug-likeness (QED) is 0.507. The highest BCUT2D eigenvalue weighted by Gasteiger charge is 2.18. The third-order valence-corrected chi connectivity index (χ3v) is 5.46. The SMILES string of the molecule is CCCC1CCc2cc(-c3cnc(-c4cc(F)c(F)c(F)c4)nc3)ccc2C1. The van der Waals surface area contributed by atoms with Crippen molar-refractivity contribution in [2.24, 2.45) is 5.92 Å². The van der Waals surface area contributed by atoms with Crippen LogP contribution in [0.15, 0.2) is 42.7 Å². The van der Waals surface area contributed by atoms with Crippen molar-refractivity contribution >= 4 is 0 Å². The van der Waals surface area contributed by atoms with Crippen LogP contribution >= 0.6 is 0 Å². The predicted molar refractivity (Wildman–Crippen MR) is 103 cm³/mol. The smallest absolute Gasteiger partial charge is 0.194 e. The van der Waals surface area contributed by atoms with Gasteiger partial charge in [0, 0.05) is 23.5 Å². The molecule has 144 valence electrons. The maximum atomic E-state index is 13.4. The molecular formula is C23H21F3N2. The normalized spacial score (nSPS) is 16.1. The molecule has 1 unspecified atom stereocenters. The van der Waals surface area contributed by atoms with Crippen molar-refractivity contribution in [1.82, 2.24) is 9.97 Å². The summed E-state index contributed by atoms with van der Waals surface area (Å²) in [5.41, 5.74) is 4.76. The van der Waals surface area contributed by atoms with E-state index in [9.17, 15) is 13.2 Å². The van der Waals surface area contributed by atoms with Gasteiger partial charge in [-0.15, -0.1) is 0 Å². The molecule has 1 aliphatic carbocycles. The van der Waals surface area contributed by atoms with Gasteiger partial charge in [-0.05, 0) is 54.0 Å². The molecule has 1 aromatic heterocycles. The highest BCUT2D eigenvalue weighted by molar-refractivity contribution is 5.65. The van der Waals surface area contributed by atoms with Crippen molar-refractivity contribution in [3.8, 4) is 22.5 Å². The van der Waals surface area contributed by atoms with Crippen LogP contribution in [0.3, 0.4) is 0 Å². The van der Waals surface area contributed by atoms with Gasteiger partial charge in [0.15, 0.2) is 23.3 Å². The molecule has 0 amide bonds. The molecule has 0 bridgehead atoms. The molecule has 4 rings (SSSR count). The molecule has 0 saturated carbocycles. The van der Waals surface area contributed by atoms with Gasteiger partial charge in [0.25, 0.3) is 0 Å². The summed E-state index contributed by atoms with van der Waals surface area (Å²) in [5, 5.41) is 0. The number of fused-ring (bicyclic) bond motifs is 1. The molecule has 0 fully saturated rings. The first-order valence-corrected chi connectivity index (χ1v) is 9.64. The molecule has 28 heavy (non-hydrogen) atoms. The Morgan fingerprint density at radius 3 is 2.29 bits per heavy atom. The second kappa shape index (κ2) is 7.74. The van der Waals surface area contributed by atoms with Crippen LogP contribution in [0.5, 0.6) is 0 Å². The summed E-state index contributed by atoms with van der Waals surface area (Å²) in [6.45, 7) is 2.23. The lowest BCUT2D eigenvalue weighted by molar-refractivity contribution is 0.423. The summed E-state index contributed by atoms with van der Waals surface area (Å²) < 4.78 is 40.0. The van der Waals surface area contributed by atoms with Crippen LogP contribution in [-0.2, 0) is 12.8 Å². The summed E-state index contributed by atoms with van der Waals surface area (Å²) in [6, 6.07) is 8.25. The number of rotatable bonds is 4. The van der Waals surface area contributed by atoms with E-state index in [1.807, 2.05) is 0 Å². The minimum Gasteiger partial charge on any atom is -0.236 e. The summed E-state index contributed by atoms with van der Waals surface area (Å²) in [5.74, 6) is -3.06. The van der Waals surface area contributed by atoms with Crippen LogP contribution in [0.25, 0.3) is 22.5 Å². The van der Waals surface area contributed by atoms with Crippen LogP contribution in [0.4, 0.5) is 13.2 Å². The Balaban J connectivity index is 1.58. The number of nitrogens with zero attached hydrogens (tertiary/aromatic N) is 2. The molecule has 0 N–H and O–H groups in total. The maximum Gasteiger partial charge on any atom is 0.194 e. The van der Waals surface area contributed by atoms with Crippen LogP contribution in [0, 0.1) is 23.4 Å². The van der Waals surface area contributed by atoms with Crippen molar-refractivity contribution in [2.45, 2.75) is 39.0 Å². The second-order valence-corrected chi connectivity index (χ2v) is 7.43. The van der Waals surface area contributed by atoms with Crippen LogP contribution in [-0.4, -0.2) is 9.97 Å². The highest BCUT2D eigenvalue weighted by Crippen LogP contribution is 2.31. The van der Waals surface area contributed by atoms with Gasteiger partial charge >= 0.3 is 0 Å². The summed E-state index contributed by atoms with van der Waals surface area (Å²) in [4.78, 5) is 8.44. The molecule has 5 heteroatoms. The zero-order chi connectivity index (χ0) is 19.7. The van der Waals surface area contributed by atoms with Crippen molar-refractivity contribution in [1.29, 1.82) is 0 Å². The van der Waals surface area contributed by atoms with E-state index in [4.69, 9.17) is 0 Å². The zero-order valence-electron chi connectivity index (χ0n) is 15.7. The molecule has 2 aromatic carbocycles. The zero-order valence-corrected chi connectivity index (χ0v) is 15.7. The van der Waals surface area contributed by atoms with Gasteiger partial charge in [-0.2, -0.15) is 0 Å². The van der Waals surface area contributed by atoms with Crippen LogP contribution in [0.2, 0.25) is 0 Å². The molecule has 1 aliphatic rings. The summed E-state index contributed by atoms with van der Waals surface area (Å²) >= 11 is 0. The lowest BCUT2D eigenvalue weighted by Crippen LogP contribution is -2.14. The monoisotopic (exact) mass is 382 g/mol. The molecule has 0 saturated heterocycles. The van der Waals surface area contributed by atoms with Gasteiger partial charge in [0.2, 0.25) is 0 Å². The Labute approximate surface area is 162 Å². The average molecular weight is 382 g/mol. The average Bonchev–Trinajstić information content (AvgIpc) is 2.71. The number of aromatic nitrogens is 2. The Hall–Kier alpha value is -2.69. The number of aryl methyl sites for hydroxylation is 1. The maximum absolute atomic E-state index is 13.4. The van der Waals surface area contributed by atoms with E-state index in [2.05, 4.69) is 35.1 Å². The van der Waals surface area contributed by atoms with E-state index in [1.54, 1.807) is 12.4 Å². The van der Waals surface area contributed by atoms with Gasteiger partial charge in [0.1, 0.15) is 0 Å². The largest absolute Gasteiger partial charge is 0.236 e. The minimum atomic E-state index is -1.49. The van der Waals surface area contributed by atoms with E-state index in [0.29, 0.717) is 0 Å². The van der Waals surface area contributed by atoms with Crippen LogP contribution < -0.4 is 0 Å². The van der Waals surface area contributed by atoms with E-state index in [-0.39, 0.29) is 11.4 Å². The van der Waals surface area contributed by atoms with Crippen molar-refractivity contribution < 1.29 is 13.2 Å². The van der Waals surface area contributed by atoms with Crippen molar-refractivity contribution in [3.63, 3.8) is 0 Å². The Kier molecular flexibility index (Phi) is 5.16. The van der Waals surface area contributed by atoms with E-state index in [0.717, 1.165) is 42.0 Å².